The Balaban J connectivity index is 2.09. The fourth-order valence-corrected chi connectivity index (χ4v) is 3.95. The molecule has 1 aliphatic heterocycles. The molecule has 1 saturated heterocycles. The van der Waals surface area contributed by atoms with Gasteiger partial charge in [0.25, 0.3) is 0 Å². The van der Waals surface area contributed by atoms with Crippen LogP contribution in [0.2, 0.25) is 0 Å². The minimum absolute atomic E-state index is 0.714. The molecule has 1 aliphatic carbocycles. The van der Waals surface area contributed by atoms with Gasteiger partial charge in [-0.3, -0.25) is 0 Å². The van der Waals surface area contributed by atoms with Crippen molar-refractivity contribution in [1.82, 2.24) is 5.32 Å². The maximum atomic E-state index is 3.58. The molecule has 2 rings (SSSR count). The molecule has 0 aromatic rings. The van der Waals surface area contributed by atoms with Crippen LogP contribution in [0.1, 0.15) is 52.9 Å². The third-order valence-electron chi connectivity index (χ3n) is 5.35. The van der Waals surface area contributed by atoms with Gasteiger partial charge in [0.05, 0.1) is 0 Å². The molecular weight excluding hydrogens is 182 g/mol. The molecule has 1 N–H and O–H groups in total. The predicted octanol–water partition coefficient (Wildman–Crippen LogP) is 3.45. The van der Waals surface area contributed by atoms with E-state index in [-0.39, 0.29) is 0 Å². The third-order valence-corrected chi connectivity index (χ3v) is 5.35. The summed E-state index contributed by atoms with van der Waals surface area (Å²) in [5.74, 6) is 2.86. The first kappa shape index (κ1) is 11.4. The highest BCUT2D eigenvalue weighted by molar-refractivity contribution is 4.95. The minimum atomic E-state index is 0.714. The summed E-state index contributed by atoms with van der Waals surface area (Å²) >= 11 is 0. The van der Waals surface area contributed by atoms with E-state index in [1.54, 1.807) is 0 Å². The van der Waals surface area contributed by atoms with E-state index >= 15 is 0 Å². The Morgan fingerprint density at radius 2 is 2.00 bits per heavy atom. The largest absolute Gasteiger partial charge is 0.316 e. The van der Waals surface area contributed by atoms with Crippen molar-refractivity contribution in [2.75, 3.05) is 13.1 Å². The molecule has 0 aromatic heterocycles. The summed E-state index contributed by atoms with van der Waals surface area (Å²) in [5, 5.41) is 3.58. The Bertz CT molecular complexity index is 213. The van der Waals surface area contributed by atoms with Crippen LogP contribution in [-0.2, 0) is 0 Å². The van der Waals surface area contributed by atoms with Crippen molar-refractivity contribution in [2.24, 2.45) is 23.2 Å². The lowest BCUT2D eigenvalue weighted by Crippen LogP contribution is -2.48. The van der Waals surface area contributed by atoms with E-state index < -0.39 is 0 Å². The van der Waals surface area contributed by atoms with Crippen LogP contribution in [0.25, 0.3) is 0 Å². The molecular formula is C14H27N. The van der Waals surface area contributed by atoms with Gasteiger partial charge in [-0.1, -0.05) is 27.2 Å². The van der Waals surface area contributed by atoms with Gasteiger partial charge in [-0.2, -0.15) is 0 Å². The second-order valence-electron chi connectivity index (χ2n) is 6.12. The Morgan fingerprint density at radius 1 is 1.20 bits per heavy atom. The Morgan fingerprint density at radius 3 is 2.67 bits per heavy atom. The smallest absolute Gasteiger partial charge is 0.00153 e. The van der Waals surface area contributed by atoms with Gasteiger partial charge in [0.2, 0.25) is 0 Å². The molecule has 0 bridgehead atoms. The van der Waals surface area contributed by atoms with Gasteiger partial charge in [0, 0.05) is 0 Å². The minimum Gasteiger partial charge on any atom is -0.316 e. The van der Waals surface area contributed by atoms with Gasteiger partial charge in [0.15, 0.2) is 0 Å². The second kappa shape index (κ2) is 4.45. The summed E-state index contributed by atoms with van der Waals surface area (Å²) < 4.78 is 0. The summed E-state index contributed by atoms with van der Waals surface area (Å²) in [6.45, 7) is 9.83. The van der Waals surface area contributed by atoms with Crippen molar-refractivity contribution in [3.8, 4) is 0 Å². The first-order valence-corrected chi connectivity index (χ1v) is 6.88. The van der Waals surface area contributed by atoms with E-state index in [1.807, 2.05) is 0 Å². The fourth-order valence-electron chi connectivity index (χ4n) is 3.95. The number of nitrogens with one attached hydrogen (secondary N) is 1. The molecule has 1 heterocycles. The Kier molecular flexibility index (Phi) is 3.39. The van der Waals surface area contributed by atoms with Gasteiger partial charge in [-0.15, -0.1) is 0 Å². The number of rotatable bonds is 1. The molecule has 0 aromatic carbocycles. The van der Waals surface area contributed by atoms with Crippen molar-refractivity contribution < 1.29 is 0 Å². The predicted molar refractivity (Wildman–Crippen MR) is 65.9 cm³/mol. The van der Waals surface area contributed by atoms with Gasteiger partial charge in [-0.25, -0.2) is 0 Å². The second-order valence-corrected chi connectivity index (χ2v) is 6.12. The van der Waals surface area contributed by atoms with E-state index in [0.29, 0.717) is 5.41 Å². The molecule has 0 amide bonds. The number of hydrogen-bond donors (Lipinski definition) is 1. The van der Waals surface area contributed by atoms with Crippen molar-refractivity contribution in [2.45, 2.75) is 52.9 Å². The lowest BCUT2D eigenvalue weighted by atomic mass is 9.57. The maximum Gasteiger partial charge on any atom is -0.00153 e. The molecule has 2 aliphatic rings. The molecule has 1 heteroatoms. The van der Waals surface area contributed by atoms with E-state index in [2.05, 4.69) is 26.1 Å². The highest BCUT2D eigenvalue weighted by atomic mass is 14.9. The Hall–Kier alpha value is -0.0400. The van der Waals surface area contributed by atoms with Crippen molar-refractivity contribution in [3.63, 3.8) is 0 Å². The molecule has 15 heavy (non-hydrogen) atoms. The summed E-state index contributed by atoms with van der Waals surface area (Å²) in [4.78, 5) is 0. The lowest BCUT2D eigenvalue weighted by Gasteiger charge is -2.50. The normalized spacial score (nSPS) is 47.0. The molecule has 0 radical (unpaired) electrons. The van der Waals surface area contributed by atoms with Gasteiger partial charge >= 0.3 is 0 Å². The van der Waals surface area contributed by atoms with Crippen LogP contribution in [0, 0.1) is 23.2 Å². The van der Waals surface area contributed by atoms with E-state index in [9.17, 15) is 0 Å². The Labute approximate surface area is 95.0 Å². The molecule has 2 fully saturated rings. The van der Waals surface area contributed by atoms with Crippen LogP contribution in [0.3, 0.4) is 0 Å². The third kappa shape index (κ3) is 2.08. The first-order valence-electron chi connectivity index (χ1n) is 6.88. The van der Waals surface area contributed by atoms with Crippen molar-refractivity contribution >= 4 is 0 Å². The first-order chi connectivity index (χ1) is 7.18. The van der Waals surface area contributed by atoms with Crippen molar-refractivity contribution in [3.05, 3.63) is 0 Å². The summed E-state index contributed by atoms with van der Waals surface area (Å²) in [6.07, 6.45) is 7.27. The van der Waals surface area contributed by atoms with Crippen LogP contribution in [0.4, 0.5) is 0 Å². The monoisotopic (exact) mass is 209 g/mol. The van der Waals surface area contributed by atoms with E-state index in [4.69, 9.17) is 0 Å². The summed E-state index contributed by atoms with van der Waals surface area (Å²) in [7, 11) is 0. The summed E-state index contributed by atoms with van der Waals surface area (Å²) in [5.41, 5.74) is 0.714. The molecule has 4 unspecified atom stereocenters. The molecule has 1 saturated carbocycles. The average Bonchev–Trinajstić information content (AvgIpc) is 2.25. The van der Waals surface area contributed by atoms with Crippen LogP contribution >= 0.6 is 0 Å². The van der Waals surface area contributed by atoms with Crippen LogP contribution < -0.4 is 5.32 Å². The van der Waals surface area contributed by atoms with Crippen LogP contribution in [0.15, 0.2) is 0 Å². The molecule has 1 nitrogen and oxygen atoms in total. The SMILES string of the molecule is CCC1CNCCC12CCC(C)C(C)C2. The zero-order valence-corrected chi connectivity index (χ0v) is 10.7. The van der Waals surface area contributed by atoms with Crippen molar-refractivity contribution in [1.29, 1.82) is 0 Å². The maximum absolute atomic E-state index is 3.58. The van der Waals surface area contributed by atoms with E-state index in [1.165, 1.54) is 45.2 Å². The fraction of sp³-hybridized carbons (Fsp3) is 1.00. The van der Waals surface area contributed by atoms with Gasteiger partial charge in [0.1, 0.15) is 0 Å². The highest BCUT2D eigenvalue weighted by Crippen LogP contribution is 2.51. The number of hydrogen-bond acceptors (Lipinski definition) is 1. The zero-order valence-electron chi connectivity index (χ0n) is 10.7. The highest BCUT2D eigenvalue weighted by Gasteiger charge is 2.43. The van der Waals surface area contributed by atoms with Gasteiger partial charge in [-0.05, 0) is 61.9 Å². The lowest BCUT2D eigenvalue weighted by molar-refractivity contribution is 0.0137. The van der Waals surface area contributed by atoms with E-state index in [0.717, 1.165) is 17.8 Å². The van der Waals surface area contributed by atoms with Crippen LogP contribution in [-0.4, -0.2) is 13.1 Å². The number of piperidine rings is 1. The van der Waals surface area contributed by atoms with Gasteiger partial charge < -0.3 is 5.32 Å². The standard InChI is InChI=1S/C14H27N/c1-4-13-10-15-8-7-14(13)6-5-11(2)12(3)9-14/h11-13,15H,4-10H2,1-3H3. The topological polar surface area (TPSA) is 12.0 Å². The molecule has 88 valence electrons. The average molecular weight is 209 g/mol. The molecule has 1 spiro atoms. The quantitative estimate of drug-likeness (QED) is 0.697. The molecule has 4 atom stereocenters. The zero-order chi connectivity index (χ0) is 10.9. The summed E-state index contributed by atoms with van der Waals surface area (Å²) in [6, 6.07) is 0. The van der Waals surface area contributed by atoms with Crippen LogP contribution in [0.5, 0.6) is 0 Å².